The standard InChI is InChI=1S/C19H21F3N4O5/c1-18(2,3)31-17(30)24-9-8-23-15(27)11-4-6-12(7-5-11)26-14(19(20,21)22)13(10-25-26)16(28)29/h4-7,10H,8-9H2,1-3H3,(H,23,27)(H,24,30)(H,28,29). The average Bonchev–Trinajstić information content (AvgIpc) is 3.10. The van der Waals surface area contributed by atoms with Gasteiger partial charge in [-0.1, -0.05) is 0 Å². The first-order valence-corrected chi connectivity index (χ1v) is 9.03. The molecule has 1 aromatic heterocycles. The number of hydrogen-bond acceptors (Lipinski definition) is 5. The molecule has 3 N–H and O–H groups in total. The number of benzene rings is 1. The summed E-state index contributed by atoms with van der Waals surface area (Å²) < 4.78 is 45.4. The van der Waals surface area contributed by atoms with Crippen LogP contribution >= 0.6 is 0 Å². The lowest BCUT2D eigenvalue weighted by Crippen LogP contribution is -2.37. The van der Waals surface area contributed by atoms with Gasteiger partial charge in [-0.15, -0.1) is 0 Å². The number of nitrogens with one attached hydrogen (secondary N) is 2. The number of hydrogen-bond donors (Lipinski definition) is 3. The van der Waals surface area contributed by atoms with E-state index in [2.05, 4.69) is 15.7 Å². The lowest BCUT2D eigenvalue weighted by molar-refractivity contribution is -0.143. The molecule has 0 atom stereocenters. The summed E-state index contributed by atoms with van der Waals surface area (Å²) in [7, 11) is 0. The number of carbonyl (C=O) groups is 3. The van der Waals surface area contributed by atoms with Crippen molar-refractivity contribution < 1.29 is 37.4 Å². The van der Waals surface area contributed by atoms with Crippen molar-refractivity contribution in [2.45, 2.75) is 32.5 Å². The number of rotatable bonds is 6. The summed E-state index contributed by atoms with van der Waals surface area (Å²) in [5.41, 5.74) is -2.97. The lowest BCUT2D eigenvalue weighted by Gasteiger charge is -2.19. The van der Waals surface area contributed by atoms with Crippen molar-refractivity contribution in [3.8, 4) is 5.69 Å². The Hall–Kier alpha value is -3.57. The van der Waals surface area contributed by atoms with Crippen molar-refractivity contribution in [2.24, 2.45) is 0 Å². The maximum absolute atomic E-state index is 13.3. The molecule has 2 aromatic rings. The second-order valence-electron chi connectivity index (χ2n) is 7.35. The predicted molar refractivity (Wildman–Crippen MR) is 102 cm³/mol. The smallest absolute Gasteiger partial charge is 0.434 e. The minimum Gasteiger partial charge on any atom is -0.478 e. The van der Waals surface area contributed by atoms with Crippen LogP contribution in [0.1, 0.15) is 47.2 Å². The van der Waals surface area contributed by atoms with Crippen molar-refractivity contribution >= 4 is 18.0 Å². The molecule has 31 heavy (non-hydrogen) atoms. The van der Waals surface area contributed by atoms with Crippen LogP contribution in [0.4, 0.5) is 18.0 Å². The molecule has 168 valence electrons. The highest BCUT2D eigenvalue weighted by Crippen LogP contribution is 2.33. The molecule has 0 fully saturated rings. The van der Waals surface area contributed by atoms with E-state index in [0.29, 0.717) is 10.9 Å². The van der Waals surface area contributed by atoms with E-state index in [9.17, 15) is 27.6 Å². The number of halogens is 3. The molecule has 1 heterocycles. The van der Waals surface area contributed by atoms with Crippen molar-refractivity contribution in [1.82, 2.24) is 20.4 Å². The summed E-state index contributed by atoms with van der Waals surface area (Å²) in [6.07, 6.45) is -4.96. The maximum atomic E-state index is 13.3. The first-order chi connectivity index (χ1) is 14.3. The summed E-state index contributed by atoms with van der Waals surface area (Å²) in [4.78, 5) is 34.7. The van der Waals surface area contributed by atoms with Gasteiger partial charge in [-0.3, -0.25) is 4.79 Å². The van der Waals surface area contributed by atoms with E-state index < -0.39 is 41.0 Å². The average molecular weight is 442 g/mol. The summed E-state index contributed by atoms with van der Waals surface area (Å²) in [6.45, 7) is 5.34. The first-order valence-electron chi connectivity index (χ1n) is 9.03. The third-order valence-electron chi connectivity index (χ3n) is 3.72. The Bertz CT molecular complexity index is 962. The van der Waals surface area contributed by atoms with Gasteiger partial charge in [-0.2, -0.15) is 18.3 Å². The fraction of sp³-hybridized carbons (Fsp3) is 0.368. The Morgan fingerprint density at radius 1 is 1.06 bits per heavy atom. The molecular formula is C19H21F3N4O5. The number of aromatic carboxylic acids is 1. The van der Waals surface area contributed by atoms with Crippen LogP contribution in [0.5, 0.6) is 0 Å². The molecule has 2 amide bonds. The minimum absolute atomic E-state index is 0.0667. The predicted octanol–water partition coefficient (Wildman–Crippen LogP) is 2.84. The zero-order valence-electron chi connectivity index (χ0n) is 16.9. The van der Waals surface area contributed by atoms with Gasteiger partial charge in [-0.05, 0) is 45.0 Å². The quantitative estimate of drug-likeness (QED) is 0.592. The number of aromatic nitrogens is 2. The highest BCUT2D eigenvalue weighted by atomic mass is 19.4. The number of amides is 2. The SMILES string of the molecule is CC(C)(C)OC(=O)NCCNC(=O)c1ccc(-n2ncc(C(=O)O)c2C(F)(F)F)cc1. The van der Waals surface area contributed by atoms with E-state index in [0.717, 1.165) is 0 Å². The van der Waals surface area contributed by atoms with Gasteiger partial charge in [0, 0.05) is 18.7 Å². The fourth-order valence-electron chi connectivity index (χ4n) is 2.48. The Morgan fingerprint density at radius 3 is 2.16 bits per heavy atom. The normalized spacial score (nSPS) is 11.7. The second kappa shape index (κ2) is 9.06. The second-order valence-corrected chi connectivity index (χ2v) is 7.35. The van der Waals surface area contributed by atoms with Crippen LogP contribution in [-0.4, -0.2) is 51.5 Å². The molecule has 0 saturated heterocycles. The van der Waals surface area contributed by atoms with E-state index >= 15 is 0 Å². The van der Waals surface area contributed by atoms with Crippen molar-refractivity contribution in [3.05, 3.63) is 47.3 Å². The van der Waals surface area contributed by atoms with Gasteiger partial charge in [-0.25, -0.2) is 14.3 Å². The molecule has 0 aliphatic heterocycles. The molecule has 0 aliphatic carbocycles. The Balaban J connectivity index is 2.02. The molecule has 0 bridgehead atoms. The van der Waals surface area contributed by atoms with Gasteiger partial charge in [0.25, 0.3) is 5.91 Å². The van der Waals surface area contributed by atoms with Crippen LogP contribution in [-0.2, 0) is 10.9 Å². The molecule has 9 nitrogen and oxygen atoms in total. The summed E-state index contributed by atoms with van der Waals surface area (Å²) in [5.74, 6) is -2.27. The Labute approximate surface area is 175 Å². The third-order valence-corrected chi connectivity index (χ3v) is 3.72. The first kappa shape index (κ1) is 23.7. The zero-order valence-corrected chi connectivity index (χ0v) is 16.9. The monoisotopic (exact) mass is 442 g/mol. The number of carboxylic acid groups (broad SMARTS) is 1. The van der Waals surface area contributed by atoms with Gasteiger partial charge in [0.2, 0.25) is 0 Å². The van der Waals surface area contributed by atoms with Crippen LogP contribution in [0.2, 0.25) is 0 Å². The molecule has 0 unspecified atom stereocenters. The van der Waals surface area contributed by atoms with E-state index in [1.54, 1.807) is 20.8 Å². The number of ether oxygens (including phenoxy) is 1. The topological polar surface area (TPSA) is 123 Å². The van der Waals surface area contributed by atoms with Crippen molar-refractivity contribution in [3.63, 3.8) is 0 Å². The summed E-state index contributed by atoms with van der Waals surface area (Å²) >= 11 is 0. The Kier molecular flexibility index (Phi) is 6.93. The van der Waals surface area contributed by atoms with E-state index in [1.165, 1.54) is 24.3 Å². The highest BCUT2D eigenvalue weighted by Gasteiger charge is 2.40. The van der Waals surface area contributed by atoms with Crippen LogP contribution in [0.25, 0.3) is 5.69 Å². The summed E-state index contributed by atoms with van der Waals surface area (Å²) in [5, 5.41) is 17.5. The molecule has 0 spiro atoms. The van der Waals surface area contributed by atoms with Crippen LogP contribution < -0.4 is 10.6 Å². The number of nitrogens with zero attached hydrogens (tertiary/aromatic N) is 2. The number of alkyl halides is 3. The molecule has 0 radical (unpaired) electrons. The highest BCUT2D eigenvalue weighted by molar-refractivity contribution is 5.94. The minimum atomic E-state index is -4.94. The Morgan fingerprint density at radius 2 is 1.65 bits per heavy atom. The molecule has 0 saturated carbocycles. The zero-order chi connectivity index (χ0) is 23.4. The molecular weight excluding hydrogens is 421 g/mol. The third kappa shape index (κ3) is 6.46. The van der Waals surface area contributed by atoms with E-state index in [1.807, 2.05) is 0 Å². The van der Waals surface area contributed by atoms with Crippen molar-refractivity contribution in [1.29, 1.82) is 0 Å². The molecule has 2 rings (SSSR count). The lowest BCUT2D eigenvalue weighted by atomic mass is 10.2. The van der Waals surface area contributed by atoms with Crippen LogP contribution in [0.3, 0.4) is 0 Å². The number of carbonyl (C=O) groups excluding carboxylic acids is 2. The summed E-state index contributed by atoms with van der Waals surface area (Å²) in [6, 6.07) is 4.96. The van der Waals surface area contributed by atoms with Gasteiger partial charge in [0.1, 0.15) is 11.2 Å². The van der Waals surface area contributed by atoms with Gasteiger partial charge in [0.05, 0.1) is 11.9 Å². The number of alkyl carbamates (subject to hydrolysis) is 1. The largest absolute Gasteiger partial charge is 0.478 e. The molecule has 12 heteroatoms. The maximum Gasteiger partial charge on any atom is 0.434 e. The van der Waals surface area contributed by atoms with Gasteiger partial charge < -0.3 is 20.5 Å². The number of carboxylic acids is 1. The van der Waals surface area contributed by atoms with Crippen LogP contribution in [0, 0.1) is 0 Å². The van der Waals surface area contributed by atoms with Crippen LogP contribution in [0.15, 0.2) is 30.5 Å². The molecule has 0 aliphatic rings. The van der Waals surface area contributed by atoms with E-state index in [-0.39, 0.29) is 24.3 Å². The van der Waals surface area contributed by atoms with E-state index in [4.69, 9.17) is 9.84 Å². The van der Waals surface area contributed by atoms with Gasteiger partial charge in [0.15, 0.2) is 5.69 Å². The fourth-order valence-corrected chi connectivity index (χ4v) is 2.48. The van der Waals surface area contributed by atoms with Gasteiger partial charge >= 0.3 is 18.2 Å². The van der Waals surface area contributed by atoms with Crippen molar-refractivity contribution in [2.75, 3.05) is 13.1 Å². The molecule has 1 aromatic carbocycles.